The van der Waals surface area contributed by atoms with Gasteiger partial charge in [-0.25, -0.2) is 15.0 Å². The van der Waals surface area contributed by atoms with E-state index < -0.39 is 41.7 Å². The maximum absolute atomic E-state index is 13.4. The van der Waals surface area contributed by atoms with Gasteiger partial charge in [-0.15, -0.1) is 0 Å². The molecule has 0 aromatic heterocycles. The van der Waals surface area contributed by atoms with Crippen molar-refractivity contribution in [1.82, 2.24) is 15.2 Å². The van der Waals surface area contributed by atoms with Crippen molar-refractivity contribution < 1.29 is 27.2 Å². The van der Waals surface area contributed by atoms with Crippen LogP contribution in [-0.4, -0.2) is 53.2 Å². The van der Waals surface area contributed by atoms with Gasteiger partial charge in [-0.3, -0.25) is 4.79 Å². The lowest BCUT2D eigenvalue weighted by Gasteiger charge is -2.40. The largest absolute Gasteiger partial charge is 0.408 e. The number of nitrogens with zero attached hydrogens (tertiary/aromatic N) is 3. The zero-order valence-electron chi connectivity index (χ0n) is 16.6. The van der Waals surface area contributed by atoms with Crippen LogP contribution in [0.15, 0.2) is 29.6 Å². The molecular weight excluding hydrogens is 422 g/mol. The minimum absolute atomic E-state index is 0.0439. The number of hydrogen-bond donors (Lipinski definition) is 4. The SMILES string of the molecule is CC1CN(C(=O)Nc2ccc(F)c(C#N)c2)C/C(=C(/N)C(=O)NC(C)C(F)(F)F)N1N. The number of carbonyl (C=O) groups excluding carboxylic acids is 2. The molecule has 168 valence electrons. The number of hydrogen-bond acceptors (Lipinski definition) is 6. The van der Waals surface area contributed by atoms with Crippen molar-refractivity contribution in [3.63, 3.8) is 0 Å². The Morgan fingerprint density at radius 1 is 1.35 bits per heavy atom. The molecule has 6 N–H and O–H groups in total. The molecule has 31 heavy (non-hydrogen) atoms. The topological polar surface area (TPSA) is 141 Å². The second kappa shape index (κ2) is 9.09. The summed E-state index contributed by atoms with van der Waals surface area (Å²) in [5, 5.41) is 14.2. The summed E-state index contributed by atoms with van der Waals surface area (Å²) in [4.78, 5) is 26.0. The summed E-state index contributed by atoms with van der Waals surface area (Å²) in [5.41, 5.74) is 5.03. The number of nitrogens with one attached hydrogen (secondary N) is 2. The predicted octanol–water partition coefficient (Wildman–Crippen LogP) is 1.35. The van der Waals surface area contributed by atoms with Gasteiger partial charge in [0.15, 0.2) is 0 Å². The minimum atomic E-state index is -4.66. The fraction of sp³-hybridized carbons (Fsp3) is 0.389. The van der Waals surface area contributed by atoms with Crippen molar-refractivity contribution in [2.45, 2.75) is 32.1 Å². The number of benzene rings is 1. The molecule has 1 aromatic rings. The number of amides is 3. The molecule has 2 rings (SSSR count). The van der Waals surface area contributed by atoms with E-state index in [-0.39, 0.29) is 30.0 Å². The smallest absolute Gasteiger partial charge is 0.393 e. The fourth-order valence-corrected chi connectivity index (χ4v) is 2.76. The van der Waals surface area contributed by atoms with Crippen molar-refractivity contribution in [3.8, 4) is 6.07 Å². The van der Waals surface area contributed by atoms with Crippen molar-refractivity contribution in [2.75, 3.05) is 18.4 Å². The Hall–Kier alpha value is -3.53. The third-order valence-electron chi connectivity index (χ3n) is 4.63. The highest BCUT2D eigenvalue weighted by molar-refractivity contribution is 5.94. The maximum Gasteiger partial charge on any atom is 0.408 e. The maximum atomic E-state index is 13.4. The number of rotatable bonds is 3. The Labute approximate surface area is 175 Å². The van der Waals surface area contributed by atoms with E-state index in [0.717, 1.165) is 24.1 Å². The third kappa shape index (κ3) is 5.54. The first-order valence-corrected chi connectivity index (χ1v) is 9.00. The van der Waals surface area contributed by atoms with Gasteiger partial charge >= 0.3 is 12.2 Å². The van der Waals surface area contributed by atoms with Gasteiger partial charge in [-0.1, -0.05) is 0 Å². The fourth-order valence-electron chi connectivity index (χ4n) is 2.76. The highest BCUT2D eigenvalue weighted by Crippen LogP contribution is 2.22. The molecule has 13 heteroatoms. The minimum Gasteiger partial charge on any atom is -0.393 e. The number of nitrogens with two attached hydrogens (primary N) is 2. The molecule has 0 saturated carbocycles. The second-order valence-electron chi connectivity index (χ2n) is 6.97. The summed E-state index contributed by atoms with van der Waals surface area (Å²) in [7, 11) is 0. The summed E-state index contributed by atoms with van der Waals surface area (Å²) in [6, 6.07) is 1.74. The van der Waals surface area contributed by atoms with Crippen LogP contribution in [0.1, 0.15) is 19.4 Å². The molecule has 2 unspecified atom stereocenters. The summed E-state index contributed by atoms with van der Waals surface area (Å²) >= 11 is 0. The predicted molar refractivity (Wildman–Crippen MR) is 102 cm³/mol. The zero-order chi connectivity index (χ0) is 23.5. The molecule has 2 atom stereocenters. The molecule has 0 radical (unpaired) electrons. The Bertz CT molecular complexity index is 942. The number of hydrazine groups is 1. The van der Waals surface area contributed by atoms with Crippen LogP contribution in [0, 0.1) is 17.1 Å². The van der Waals surface area contributed by atoms with Crippen LogP contribution < -0.4 is 22.2 Å². The van der Waals surface area contributed by atoms with Gasteiger partial charge in [0.05, 0.1) is 23.8 Å². The van der Waals surface area contributed by atoms with E-state index >= 15 is 0 Å². The van der Waals surface area contributed by atoms with Crippen molar-refractivity contribution >= 4 is 17.6 Å². The molecule has 1 aliphatic rings. The molecule has 0 bridgehead atoms. The van der Waals surface area contributed by atoms with E-state index in [2.05, 4.69) is 5.32 Å². The molecule has 1 heterocycles. The van der Waals surface area contributed by atoms with Gasteiger partial charge in [-0.2, -0.15) is 18.4 Å². The van der Waals surface area contributed by atoms with Crippen LogP contribution in [0.2, 0.25) is 0 Å². The number of alkyl halides is 3. The van der Waals surface area contributed by atoms with E-state index in [1.165, 1.54) is 11.0 Å². The van der Waals surface area contributed by atoms with Crippen LogP contribution in [0.4, 0.5) is 28.0 Å². The van der Waals surface area contributed by atoms with Crippen LogP contribution in [-0.2, 0) is 4.79 Å². The third-order valence-corrected chi connectivity index (χ3v) is 4.63. The highest BCUT2D eigenvalue weighted by atomic mass is 19.4. The zero-order valence-corrected chi connectivity index (χ0v) is 16.6. The molecule has 3 amide bonds. The van der Waals surface area contributed by atoms with E-state index in [1.54, 1.807) is 18.3 Å². The molecule has 0 spiro atoms. The monoisotopic (exact) mass is 443 g/mol. The van der Waals surface area contributed by atoms with Crippen molar-refractivity contribution in [3.05, 3.63) is 41.0 Å². The first-order valence-electron chi connectivity index (χ1n) is 9.00. The standard InChI is InChI=1S/C18H21F4N7O2/c1-9-7-28(17(31)27-12-3-4-13(19)11(5-12)6-23)8-14(29(9)25)15(24)16(30)26-10(2)18(20,21)22/h3-5,9-10H,7-8,24-25H2,1-2H3,(H,26,30)(H,27,31)/b15-14-. The molecule has 1 aliphatic heterocycles. The first kappa shape index (κ1) is 23.7. The molecule has 9 nitrogen and oxygen atoms in total. The average Bonchev–Trinajstić information content (AvgIpc) is 2.69. The van der Waals surface area contributed by atoms with Crippen LogP contribution in [0.25, 0.3) is 0 Å². The van der Waals surface area contributed by atoms with Gasteiger partial charge in [-0.05, 0) is 32.0 Å². The normalized spacial score (nSPS) is 19.4. The van der Waals surface area contributed by atoms with E-state index in [4.69, 9.17) is 16.8 Å². The van der Waals surface area contributed by atoms with E-state index in [0.29, 0.717) is 0 Å². The molecule has 1 fully saturated rings. The number of anilines is 1. The summed E-state index contributed by atoms with van der Waals surface area (Å²) in [6.07, 6.45) is -4.66. The van der Waals surface area contributed by atoms with Gasteiger partial charge in [0.25, 0.3) is 5.91 Å². The van der Waals surface area contributed by atoms with Crippen LogP contribution in [0.5, 0.6) is 0 Å². The van der Waals surface area contributed by atoms with Crippen LogP contribution in [0.3, 0.4) is 0 Å². The number of carbonyl (C=O) groups is 2. The lowest BCUT2D eigenvalue weighted by atomic mass is 10.1. The van der Waals surface area contributed by atoms with E-state index in [1.807, 2.05) is 0 Å². The molecule has 0 aliphatic carbocycles. The molecule has 1 aromatic carbocycles. The summed E-state index contributed by atoms with van der Waals surface area (Å²) < 4.78 is 51.5. The summed E-state index contributed by atoms with van der Waals surface area (Å²) in [5.74, 6) is 3.98. The molecular formula is C18H21F4N7O2. The first-order chi connectivity index (χ1) is 14.3. The van der Waals surface area contributed by atoms with Gasteiger partial charge in [0.2, 0.25) is 0 Å². The van der Waals surface area contributed by atoms with Crippen molar-refractivity contribution in [1.29, 1.82) is 5.26 Å². The van der Waals surface area contributed by atoms with Gasteiger partial charge in [0.1, 0.15) is 23.6 Å². The summed E-state index contributed by atoms with van der Waals surface area (Å²) in [6.45, 7) is 2.22. The van der Waals surface area contributed by atoms with Gasteiger partial charge < -0.3 is 26.3 Å². The Morgan fingerprint density at radius 3 is 2.58 bits per heavy atom. The van der Waals surface area contributed by atoms with E-state index in [9.17, 15) is 27.2 Å². The Balaban J connectivity index is 2.20. The lowest BCUT2D eigenvalue weighted by molar-refractivity contribution is -0.156. The lowest BCUT2D eigenvalue weighted by Crippen LogP contribution is -2.57. The number of urea groups is 1. The quantitative estimate of drug-likeness (QED) is 0.316. The number of piperazine rings is 1. The van der Waals surface area contributed by atoms with Crippen LogP contribution >= 0.6 is 0 Å². The van der Waals surface area contributed by atoms with Crippen molar-refractivity contribution in [2.24, 2.45) is 11.6 Å². The van der Waals surface area contributed by atoms with Gasteiger partial charge in [0, 0.05) is 12.2 Å². The Morgan fingerprint density at radius 2 is 2.00 bits per heavy atom. The second-order valence-corrected chi connectivity index (χ2v) is 6.97. The average molecular weight is 443 g/mol. The molecule has 1 saturated heterocycles. The highest BCUT2D eigenvalue weighted by Gasteiger charge is 2.38. The Kier molecular flexibility index (Phi) is 6.96. The number of halogens is 4. The number of nitriles is 1.